The lowest BCUT2D eigenvalue weighted by Gasteiger charge is -2.25. The van der Waals surface area contributed by atoms with Crippen LogP contribution in [0.4, 0.5) is 0 Å². The van der Waals surface area contributed by atoms with Gasteiger partial charge in [-0.2, -0.15) is 0 Å². The number of nitrogens with zero attached hydrogens (tertiary/aromatic N) is 2. The first-order valence-corrected chi connectivity index (χ1v) is 11.3. The fraction of sp³-hybridized carbons (Fsp3) is 0.200. The van der Waals surface area contributed by atoms with Crippen molar-refractivity contribution >= 4 is 21.5 Å². The summed E-state index contributed by atoms with van der Waals surface area (Å²) in [5.74, 6) is 0. The van der Waals surface area contributed by atoms with Crippen LogP contribution in [-0.4, -0.2) is 9.97 Å². The van der Waals surface area contributed by atoms with Gasteiger partial charge in [0, 0.05) is 22.1 Å². The largest absolute Gasteiger partial charge is 0.236 e. The molecule has 0 N–H and O–H groups in total. The summed E-state index contributed by atoms with van der Waals surface area (Å²) in [6, 6.07) is 22.3. The van der Waals surface area contributed by atoms with E-state index >= 15 is 0 Å². The van der Waals surface area contributed by atoms with E-state index in [1.165, 1.54) is 60.5 Å². The maximum atomic E-state index is 4.86. The first kappa shape index (κ1) is 19.2. The molecule has 2 heteroatoms. The molecule has 5 aromatic rings. The number of hydrogen-bond donors (Lipinski definition) is 0. The van der Waals surface area contributed by atoms with Crippen molar-refractivity contribution in [2.24, 2.45) is 0 Å². The van der Waals surface area contributed by atoms with Crippen LogP contribution in [0.2, 0.25) is 0 Å². The van der Waals surface area contributed by atoms with Gasteiger partial charge < -0.3 is 0 Å². The van der Waals surface area contributed by atoms with E-state index in [0.29, 0.717) is 0 Å². The van der Waals surface area contributed by atoms with E-state index in [-0.39, 0.29) is 5.41 Å². The van der Waals surface area contributed by atoms with Crippen LogP contribution in [0.3, 0.4) is 0 Å². The predicted molar refractivity (Wildman–Crippen MR) is 134 cm³/mol. The summed E-state index contributed by atoms with van der Waals surface area (Å²) in [5, 5.41) is 5.20. The zero-order valence-corrected chi connectivity index (χ0v) is 19.2. The Balaban J connectivity index is 1.66. The third kappa shape index (κ3) is 2.53. The van der Waals surface area contributed by atoms with Crippen LogP contribution in [0.5, 0.6) is 0 Å². The summed E-state index contributed by atoms with van der Waals surface area (Å²) < 4.78 is 0. The number of aryl methyl sites for hydroxylation is 3. The Bertz CT molecular complexity index is 1570. The van der Waals surface area contributed by atoms with Gasteiger partial charge in [-0.05, 0) is 71.1 Å². The second-order valence-corrected chi connectivity index (χ2v) is 9.75. The highest BCUT2D eigenvalue weighted by atomic mass is 14.9. The average molecular weight is 415 g/mol. The molecule has 0 saturated carbocycles. The molecule has 0 bridgehead atoms. The zero-order chi connectivity index (χ0) is 22.2. The second-order valence-electron chi connectivity index (χ2n) is 9.75. The van der Waals surface area contributed by atoms with Crippen molar-refractivity contribution in [2.75, 3.05) is 0 Å². The molecule has 2 nitrogen and oxygen atoms in total. The van der Waals surface area contributed by atoms with Crippen LogP contribution in [-0.2, 0) is 5.41 Å². The highest BCUT2D eigenvalue weighted by Crippen LogP contribution is 2.53. The molecule has 6 rings (SSSR count). The molecule has 0 unspecified atom stereocenters. The van der Waals surface area contributed by atoms with E-state index < -0.39 is 0 Å². The van der Waals surface area contributed by atoms with Gasteiger partial charge >= 0.3 is 0 Å². The molecule has 4 aromatic carbocycles. The van der Waals surface area contributed by atoms with E-state index in [1.54, 1.807) is 6.33 Å². The topological polar surface area (TPSA) is 25.8 Å². The lowest BCUT2D eigenvalue weighted by atomic mass is 9.78. The fourth-order valence-corrected chi connectivity index (χ4v) is 5.97. The van der Waals surface area contributed by atoms with E-state index in [2.05, 4.69) is 95.3 Å². The molecule has 0 fully saturated rings. The maximum absolute atomic E-state index is 4.86. The number of fused-ring (bicyclic) bond motifs is 6. The molecule has 1 heterocycles. The SMILES string of the molecule is Cc1cc(C)c2c(C)cc(-c3ncnc4c3C(C)(C)c3c-4ccc4ccccc34)cc2c1. The van der Waals surface area contributed by atoms with Gasteiger partial charge in [-0.15, -0.1) is 0 Å². The summed E-state index contributed by atoms with van der Waals surface area (Å²) in [4.78, 5) is 9.65. The van der Waals surface area contributed by atoms with Gasteiger partial charge in [-0.3, -0.25) is 0 Å². The third-order valence-corrected chi connectivity index (χ3v) is 7.14. The first-order chi connectivity index (χ1) is 15.4. The summed E-state index contributed by atoms with van der Waals surface area (Å²) in [5.41, 5.74) is 10.8. The first-order valence-electron chi connectivity index (χ1n) is 11.3. The van der Waals surface area contributed by atoms with Crippen molar-refractivity contribution in [3.05, 3.63) is 94.8 Å². The van der Waals surface area contributed by atoms with Crippen LogP contribution < -0.4 is 0 Å². The zero-order valence-electron chi connectivity index (χ0n) is 19.2. The molecule has 0 amide bonds. The Morgan fingerprint density at radius 2 is 1.44 bits per heavy atom. The number of aromatic nitrogens is 2. The Hall–Kier alpha value is -3.52. The standard InChI is InChI=1S/C30H26N2/c1-17-12-18(2)25-19(3)14-22(15-21(25)13-17)28-27-29(32-16-31-28)24-11-10-20-8-6-7-9-23(20)26(24)30(27,4)5/h6-16H,1-5H3. The molecule has 0 aliphatic heterocycles. The van der Waals surface area contributed by atoms with Crippen LogP contribution >= 0.6 is 0 Å². The normalized spacial score (nSPS) is 14.0. The maximum Gasteiger partial charge on any atom is 0.116 e. The molecule has 32 heavy (non-hydrogen) atoms. The molecule has 0 spiro atoms. The van der Waals surface area contributed by atoms with Crippen LogP contribution in [0.1, 0.15) is 41.7 Å². The monoisotopic (exact) mass is 414 g/mol. The van der Waals surface area contributed by atoms with Gasteiger partial charge in [0.1, 0.15) is 6.33 Å². The summed E-state index contributed by atoms with van der Waals surface area (Å²) in [6.07, 6.45) is 1.73. The minimum Gasteiger partial charge on any atom is -0.236 e. The molecule has 0 atom stereocenters. The van der Waals surface area contributed by atoms with Crippen molar-refractivity contribution in [2.45, 2.75) is 40.0 Å². The lowest BCUT2D eigenvalue weighted by molar-refractivity contribution is 0.663. The molecular weight excluding hydrogens is 388 g/mol. The fourth-order valence-electron chi connectivity index (χ4n) is 5.97. The number of rotatable bonds is 1. The molecular formula is C30H26N2. The van der Waals surface area contributed by atoms with Gasteiger partial charge in [0.05, 0.1) is 11.4 Å². The van der Waals surface area contributed by atoms with Crippen LogP contribution in [0, 0.1) is 20.8 Å². The molecule has 1 aliphatic rings. The third-order valence-electron chi connectivity index (χ3n) is 7.14. The van der Waals surface area contributed by atoms with Gasteiger partial charge in [0.15, 0.2) is 0 Å². The predicted octanol–water partition coefficient (Wildman–Crippen LogP) is 7.68. The second kappa shape index (κ2) is 6.49. The summed E-state index contributed by atoms with van der Waals surface area (Å²) in [6.45, 7) is 11.2. The van der Waals surface area contributed by atoms with Crippen LogP contribution in [0.25, 0.3) is 44.1 Å². The van der Waals surface area contributed by atoms with E-state index in [4.69, 9.17) is 9.97 Å². The van der Waals surface area contributed by atoms with Gasteiger partial charge in [0.2, 0.25) is 0 Å². The Labute approximate surface area is 189 Å². The Morgan fingerprint density at radius 3 is 2.28 bits per heavy atom. The quantitative estimate of drug-likeness (QED) is 0.281. The van der Waals surface area contributed by atoms with Crippen molar-refractivity contribution in [3.8, 4) is 22.5 Å². The van der Waals surface area contributed by atoms with Gasteiger partial charge in [0.25, 0.3) is 0 Å². The highest BCUT2D eigenvalue weighted by molar-refractivity contribution is 5.99. The van der Waals surface area contributed by atoms with E-state index in [1.807, 2.05) is 0 Å². The smallest absolute Gasteiger partial charge is 0.116 e. The molecule has 156 valence electrons. The average Bonchev–Trinajstić information content (AvgIpc) is 3.00. The minimum atomic E-state index is -0.187. The van der Waals surface area contributed by atoms with Crippen molar-refractivity contribution in [3.63, 3.8) is 0 Å². The number of benzene rings is 4. The summed E-state index contributed by atoms with van der Waals surface area (Å²) in [7, 11) is 0. The Kier molecular flexibility index (Phi) is 3.89. The Morgan fingerprint density at radius 1 is 0.688 bits per heavy atom. The van der Waals surface area contributed by atoms with Crippen LogP contribution in [0.15, 0.2) is 67.0 Å². The van der Waals surface area contributed by atoms with Crippen molar-refractivity contribution in [1.82, 2.24) is 9.97 Å². The van der Waals surface area contributed by atoms with Crippen molar-refractivity contribution in [1.29, 1.82) is 0 Å². The van der Waals surface area contributed by atoms with Gasteiger partial charge in [-0.25, -0.2) is 9.97 Å². The van der Waals surface area contributed by atoms with Crippen molar-refractivity contribution < 1.29 is 0 Å². The molecule has 1 aromatic heterocycles. The molecule has 0 saturated heterocycles. The number of hydrogen-bond acceptors (Lipinski definition) is 2. The summed E-state index contributed by atoms with van der Waals surface area (Å²) >= 11 is 0. The lowest BCUT2D eigenvalue weighted by Crippen LogP contribution is -2.17. The molecule has 0 radical (unpaired) electrons. The highest BCUT2D eigenvalue weighted by Gasteiger charge is 2.40. The van der Waals surface area contributed by atoms with E-state index in [0.717, 1.165) is 11.4 Å². The minimum absolute atomic E-state index is 0.187. The molecule has 1 aliphatic carbocycles. The van der Waals surface area contributed by atoms with E-state index in [9.17, 15) is 0 Å². The van der Waals surface area contributed by atoms with Gasteiger partial charge in [-0.1, -0.05) is 67.9 Å².